The highest BCUT2D eigenvalue weighted by molar-refractivity contribution is 6.32. The maximum Gasteiger partial charge on any atom is 0.115 e. The number of allylic oxidation sites excluding steroid dienone is 2. The molecule has 0 aromatic heterocycles. The van der Waals surface area contributed by atoms with Gasteiger partial charge in [0.1, 0.15) is 7.85 Å². The molecule has 1 nitrogen and oxygen atoms in total. The Morgan fingerprint density at radius 1 is 1.75 bits per heavy atom. The Hall–Kier alpha value is -0.785. The zero-order valence-electron chi connectivity index (χ0n) is 4.96. The highest BCUT2D eigenvalue weighted by Gasteiger charge is 1.72. The predicted octanol–water partition coefficient (Wildman–Crippen LogP) is 1.27. The van der Waals surface area contributed by atoms with E-state index in [1.54, 1.807) is 12.3 Å². The largest absolute Gasteiger partial charge is 0.266 e. The number of nitrogens with zero attached hydrogens (tertiary/aromatic N) is 1. The van der Waals surface area contributed by atoms with E-state index >= 15 is 0 Å². The highest BCUT2D eigenvalue weighted by atomic mass is 14.6. The minimum Gasteiger partial charge on any atom is -0.266 e. The van der Waals surface area contributed by atoms with Crippen molar-refractivity contribution < 1.29 is 0 Å². The lowest BCUT2D eigenvalue weighted by molar-refractivity contribution is 1.61. The summed E-state index contributed by atoms with van der Waals surface area (Å²) in [7, 11) is 5.32. The van der Waals surface area contributed by atoms with Crippen LogP contribution in [0.4, 0.5) is 0 Å². The molecule has 8 heavy (non-hydrogen) atoms. The first-order chi connectivity index (χ1) is 3.81. The second-order valence-electron chi connectivity index (χ2n) is 1.25. The predicted molar refractivity (Wildman–Crippen MR) is 38.2 cm³/mol. The van der Waals surface area contributed by atoms with E-state index in [0.29, 0.717) is 5.47 Å². The van der Waals surface area contributed by atoms with Crippen LogP contribution in [0.3, 0.4) is 0 Å². The zero-order chi connectivity index (χ0) is 6.41. The standard InChI is InChI=1S/C6H8BN/c1-3-6(7)5-8-4-2/h3-5H,2H2,1H3/b6-3+,8-5?. The van der Waals surface area contributed by atoms with Crippen molar-refractivity contribution >= 4 is 14.1 Å². The molecule has 0 aliphatic heterocycles. The Labute approximate surface area is 51.2 Å². The lowest BCUT2D eigenvalue weighted by atomic mass is 9.97. The zero-order valence-corrected chi connectivity index (χ0v) is 4.96. The van der Waals surface area contributed by atoms with Gasteiger partial charge in [-0.15, -0.1) is 0 Å². The van der Waals surface area contributed by atoms with Crippen molar-refractivity contribution in [3.63, 3.8) is 0 Å². The third-order valence-corrected chi connectivity index (χ3v) is 0.662. The third kappa shape index (κ3) is 3.41. The molecule has 40 valence electrons. The van der Waals surface area contributed by atoms with Crippen LogP contribution in [0.2, 0.25) is 0 Å². The number of aliphatic imine (C=N–C) groups is 1. The van der Waals surface area contributed by atoms with Crippen LogP contribution < -0.4 is 0 Å². The van der Waals surface area contributed by atoms with Crippen molar-refractivity contribution in [1.82, 2.24) is 0 Å². The molecule has 2 heteroatoms. The number of hydrogen-bond acceptors (Lipinski definition) is 1. The molecular weight excluding hydrogens is 96.9 g/mol. The molecule has 0 aliphatic rings. The van der Waals surface area contributed by atoms with Gasteiger partial charge in [0.05, 0.1) is 0 Å². The van der Waals surface area contributed by atoms with E-state index in [1.165, 1.54) is 6.20 Å². The van der Waals surface area contributed by atoms with Gasteiger partial charge in [0.25, 0.3) is 0 Å². The molecule has 0 amide bonds. The Balaban J connectivity index is 3.69. The van der Waals surface area contributed by atoms with Crippen LogP contribution in [0, 0.1) is 0 Å². The van der Waals surface area contributed by atoms with E-state index in [2.05, 4.69) is 11.6 Å². The maximum absolute atomic E-state index is 5.32. The lowest BCUT2D eigenvalue weighted by Gasteiger charge is -1.81. The molecule has 0 heterocycles. The van der Waals surface area contributed by atoms with E-state index in [9.17, 15) is 0 Å². The first kappa shape index (κ1) is 7.21. The number of rotatable bonds is 2. The summed E-state index contributed by atoms with van der Waals surface area (Å²) in [6.07, 6.45) is 4.76. The topological polar surface area (TPSA) is 12.4 Å². The highest BCUT2D eigenvalue weighted by Crippen LogP contribution is 1.79. The monoisotopic (exact) mass is 105 g/mol. The molecule has 0 rings (SSSR count). The first-order valence-electron chi connectivity index (χ1n) is 2.37. The summed E-state index contributed by atoms with van der Waals surface area (Å²) in [6, 6.07) is 0. The van der Waals surface area contributed by atoms with Crippen molar-refractivity contribution in [3.8, 4) is 0 Å². The van der Waals surface area contributed by atoms with E-state index < -0.39 is 0 Å². The van der Waals surface area contributed by atoms with Gasteiger partial charge in [-0.25, -0.2) is 0 Å². The van der Waals surface area contributed by atoms with Crippen molar-refractivity contribution in [1.29, 1.82) is 0 Å². The average Bonchev–Trinajstić information content (AvgIpc) is 1.83. The van der Waals surface area contributed by atoms with Gasteiger partial charge < -0.3 is 0 Å². The molecule has 0 aromatic rings. The lowest BCUT2D eigenvalue weighted by Crippen LogP contribution is -1.78. The molecular formula is C6H8BN. The molecule has 0 aromatic carbocycles. The molecule has 0 saturated heterocycles. The van der Waals surface area contributed by atoms with Crippen molar-refractivity contribution in [2.24, 2.45) is 4.99 Å². The summed E-state index contributed by atoms with van der Waals surface area (Å²) < 4.78 is 0. The Bertz CT molecular complexity index is 124. The van der Waals surface area contributed by atoms with Crippen LogP contribution in [0.25, 0.3) is 0 Å². The smallest absolute Gasteiger partial charge is 0.115 e. The van der Waals surface area contributed by atoms with Gasteiger partial charge in [0, 0.05) is 12.4 Å². The van der Waals surface area contributed by atoms with Crippen molar-refractivity contribution in [2.45, 2.75) is 6.92 Å². The Morgan fingerprint density at radius 3 is 2.75 bits per heavy atom. The second kappa shape index (κ2) is 4.38. The van der Waals surface area contributed by atoms with Crippen LogP contribution in [0.15, 0.2) is 29.3 Å². The second-order valence-corrected chi connectivity index (χ2v) is 1.25. The first-order valence-corrected chi connectivity index (χ1v) is 2.37. The van der Waals surface area contributed by atoms with Gasteiger partial charge in [-0.05, 0) is 6.92 Å². The van der Waals surface area contributed by atoms with Crippen molar-refractivity contribution in [2.75, 3.05) is 0 Å². The van der Waals surface area contributed by atoms with E-state index in [0.717, 1.165) is 0 Å². The van der Waals surface area contributed by atoms with Crippen LogP contribution in [0.5, 0.6) is 0 Å². The minimum atomic E-state index is 0.657. The normalized spacial score (nSPS) is 12.4. The molecule has 0 spiro atoms. The quantitative estimate of drug-likeness (QED) is 0.370. The summed E-state index contributed by atoms with van der Waals surface area (Å²) in [5.74, 6) is 0. The molecule has 0 atom stereocenters. The summed E-state index contributed by atoms with van der Waals surface area (Å²) in [5.41, 5.74) is 0.657. The summed E-state index contributed by atoms with van der Waals surface area (Å²) in [5, 5.41) is 0. The fourth-order valence-electron chi connectivity index (χ4n) is 0.213. The van der Waals surface area contributed by atoms with Gasteiger partial charge in [0.15, 0.2) is 0 Å². The van der Waals surface area contributed by atoms with Gasteiger partial charge in [0.2, 0.25) is 0 Å². The van der Waals surface area contributed by atoms with E-state index in [1.807, 2.05) is 6.92 Å². The Morgan fingerprint density at radius 2 is 2.38 bits per heavy atom. The Kier molecular flexibility index (Phi) is 3.95. The van der Waals surface area contributed by atoms with Crippen LogP contribution in [0.1, 0.15) is 6.92 Å². The third-order valence-electron chi connectivity index (χ3n) is 0.662. The fourth-order valence-corrected chi connectivity index (χ4v) is 0.213. The minimum absolute atomic E-state index is 0.657. The van der Waals surface area contributed by atoms with Gasteiger partial charge in [-0.1, -0.05) is 18.1 Å². The summed E-state index contributed by atoms with van der Waals surface area (Å²) in [4.78, 5) is 3.69. The molecule has 0 fully saturated rings. The maximum atomic E-state index is 5.32. The van der Waals surface area contributed by atoms with E-state index in [4.69, 9.17) is 7.85 Å². The van der Waals surface area contributed by atoms with E-state index in [-0.39, 0.29) is 0 Å². The SMILES string of the molecule is [B]/C(C=NC=C)=C/C. The van der Waals surface area contributed by atoms with Crippen LogP contribution in [-0.4, -0.2) is 14.1 Å². The van der Waals surface area contributed by atoms with Crippen LogP contribution in [-0.2, 0) is 0 Å². The fraction of sp³-hybridized carbons (Fsp3) is 0.167. The molecule has 2 radical (unpaired) electrons. The van der Waals surface area contributed by atoms with Gasteiger partial charge in [-0.2, -0.15) is 0 Å². The summed E-state index contributed by atoms with van der Waals surface area (Å²) in [6.45, 7) is 5.24. The van der Waals surface area contributed by atoms with Gasteiger partial charge >= 0.3 is 0 Å². The molecule has 0 bridgehead atoms. The summed E-state index contributed by atoms with van der Waals surface area (Å²) >= 11 is 0. The van der Waals surface area contributed by atoms with Crippen molar-refractivity contribution in [3.05, 3.63) is 24.3 Å². The van der Waals surface area contributed by atoms with Crippen LogP contribution >= 0.6 is 0 Å². The average molecular weight is 105 g/mol. The van der Waals surface area contributed by atoms with Gasteiger partial charge in [-0.3, -0.25) is 4.99 Å². The molecule has 0 aliphatic carbocycles. The molecule has 0 unspecified atom stereocenters. The molecule has 0 N–H and O–H groups in total. The molecule has 0 saturated carbocycles. The number of hydrogen-bond donors (Lipinski definition) is 0.